The summed E-state index contributed by atoms with van der Waals surface area (Å²) in [5.41, 5.74) is 7.45. The molecule has 0 aromatic carbocycles. The zero-order chi connectivity index (χ0) is 11.7. The lowest BCUT2D eigenvalue weighted by molar-refractivity contribution is 0.807. The molecule has 0 aliphatic rings. The van der Waals surface area contributed by atoms with Crippen molar-refractivity contribution in [2.75, 3.05) is 23.7 Å². The molecule has 0 bridgehead atoms. The number of hydrogen-bond acceptors (Lipinski definition) is 5. The van der Waals surface area contributed by atoms with Crippen molar-refractivity contribution in [3.8, 4) is 0 Å². The van der Waals surface area contributed by atoms with Gasteiger partial charge in [0.05, 0.1) is 0 Å². The van der Waals surface area contributed by atoms with Gasteiger partial charge in [-0.3, -0.25) is 0 Å². The van der Waals surface area contributed by atoms with Crippen molar-refractivity contribution in [2.24, 2.45) is 0 Å². The van der Waals surface area contributed by atoms with Crippen LogP contribution in [-0.2, 0) is 0 Å². The molecule has 2 aromatic heterocycles. The van der Waals surface area contributed by atoms with Crippen LogP contribution in [0, 0.1) is 6.92 Å². The molecule has 0 radical (unpaired) electrons. The number of aryl methyl sites for hydroxylation is 1. The second kappa shape index (κ2) is 3.96. The molecular weight excluding hydrogens is 204 g/mol. The first-order chi connectivity index (χ1) is 7.67. The molecule has 0 aliphatic carbocycles. The average Bonchev–Trinajstić information content (AvgIpc) is 2.63. The van der Waals surface area contributed by atoms with Gasteiger partial charge in [0.1, 0.15) is 5.82 Å². The Hall–Kier alpha value is -1.85. The summed E-state index contributed by atoms with van der Waals surface area (Å²) in [6, 6.07) is 2.01. The van der Waals surface area contributed by atoms with E-state index in [0.717, 1.165) is 24.5 Å². The van der Waals surface area contributed by atoms with Crippen LogP contribution >= 0.6 is 0 Å². The molecule has 2 rings (SSSR count). The van der Waals surface area contributed by atoms with Crippen molar-refractivity contribution in [2.45, 2.75) is 20.8 Å². The highest BCUT2D eigenvalue weighted by molar-refractivity contribution is 5.54. The molecule has 0 amide bonds. The zero-order valence-electron chi connectivity index (χ0n) is 9.80. The van der Waals surface area contributed by atoms with Gasteiger partial charge in [0, 0.05) is 13.1 Å². The molecule has 0 spiro atoms. The number of rotatable bonds is 3. The number of fused-ring (bicyclic) bond motifs is 1. The molecule has 16 heavy (non-hydrogen) atoms. The van der Waals surface area contributed by atoms with E-state index in [1.54, 1.807) is 4.52 Å². The van der Waals surface area contributed by atoms with Gasteiger partial charge in [-0.2, -0.15) is 4.52 Å². The van der Waals surface area contributed by atoms with Gasteiger partial charge in [-0.1, -0.05) is 0 Å². The fourth-order valence-electron chi connectivity index (χ4n) is 1.73. The minimum Gasteiger partial charge on any atom is -0.366 e. The van der Waals surface area contributed by atoms with Crippen molar-refractivity contribution in [1.82, 2.24) is 19.8 Å². The van der Waals surface area contributed by atoms with Gasteiger partial charge in [-0.25, -0.2) is 0 Å². The highest BCUT2D eigenvalue weighted by atomic mass is 15.4. The van der Waals surface area contributed by atoms with E-state index in [1.165, 1.54) is 0 Å². The van der Waals surface area contributed by atoms with Crippen LogP contribution < -0.4 is 10.6 Å². The summed E-state index contributed by atoms with van der Waals surface area (Å²) in [5, 5.41) is 12.2. The van der Waals surface area contributed by atoms with Crippen LogP contribution in [0.25, 0.3) is 5.65 Å². The second-order valence-corrected chi connectivity index (χ2v) is 3.65. The van der Waals surface area contributed by atoms with E-state index in [0.29, 0.717) is 11.6 Å². The highest BCUT2D eigenvalue weighted by Gasteiger charge is 2.11. The monoisotopic (exact) mass is 220 g/mol. The maximum atomic E-state index is 5.71. The third-order valence-corrected chi connectivity index (χ3v) is 2.65. The summed E-state index contributed by atoms with van der Waals surface area (Å²) in [6.07, 6.45) is 0. The van der Waals surface area contributed by atoms with Crippen LogP contribution in [0.3, 0.4) is 0 Å². The third-order valence-electron chi connectivity index (χ3n) is 2.65. The average molecular weight is 220 g/mol. The van der Waals surface area contributed by atoms with Crippen LogP contribution in [0.5, 0.6) is 0 Å². The number of hydrogen-bond donors (Lipinski definition) is 1. The van der Waals surface area contributed by atoms with E-state index in [9.17, 15) is 0 Å². The molecule has 2 N–H and O–H groups in total. The van der Waals surface area contributed by atoms with Gasteiger partial charge in [-0.15, -0.1) is 15.3 Å². The summed E-state index contributed by atoms with van der Waals surface area (Å²) < 4.78 is 1.59. The molecule has 6 nitrogen and oxygen atoms in total. The van der Waals surface area contributed by atoms with Crippen molar-refractivity contribution < 1.29 is 0 Å². The lowest BCUT2D eigenvalue weighted by Crippen LogP contribution is -2.24. The first kappa shape index (κ1) is 10.7. The Kier molecular flexibility index (Phi) is 2.64. The summed E-state index contributed by atoms with van der Waals surface area (Å²) in [5.74, 6) is 1.23. The Balaban J connectivity index is 2.59. The van der Waals surface area contributed by atoms with E-state index >= 15 is 0 Å². The van der Waals surface area contributed by atoms with Crippen LogP contribution in [0.2, 0.25) is 0 Å². The van der Waals surface area contributed by atoms with Crippen molar-refractivity contribution in [1.29, 1.82) is 0 Å². The lowest BCUT2D eigenvalue weighted by atomic mass is 10.3. The molecule has 0 atom stereocenters. The highest BCUT2D eigenvalue weighted by Crippen LogP contribution is 2.16. The summed E-state index contributed by atoms with van der Waals surface area (Å²) in [6.45, 7) is 8.01. The van der Waals surface area contributed by atoms with Crippen LogP contribution in [0.1, 0.15) is 19.4 Å². The smallest absolute Gasteiger partial charge is 0.243 e. The molecule has 2 aromatic rings. The van der Waals surface area contributed by atoms with Crippen LogP contribution in [0.15, 0.2) is 6.07 Å². The topological polar surface area (TPSA) is 72.3 Å². The molecule has 0 aliphatic heterocycles. The van der Waals surface area contributed by atoms with E-state index in [4.69, 9.17) is 5.73 Å². The van der Waals surface area contributed by atoms with Crippen molar-refractivity contribution in [3.63, 3.8) is 0 Å². The predicted molar refractivity (Wildman–Crippen MR) is 63.5 cm³/mol. The van der Waals surface area contributed by atoms with E-state index in [2.05, 4.69) is 34.0 Å². The van der Waals surface area contributed by atoms with Gasteiger partial charge in [0.2, 0.25) is 5.95 Å². The molecule has 6 heteroatoms. The largest absolute Gasteiger partial charge is 0.366 e. The van der Waals surface area contributed by atoms with Crippen molar-refractivity contribution in [3.05, 3.63) is 11.6 Å². The third kappa shape index (κ3) is 1.56. The molecule has 0 saturated heterocycles. The summed E-state index contributed by atoms with van der Waals surface area (Å²) >= 11 is 0. The number of aromatic nitrogens is 4. The Morgan fingerprint density at radius 3 is 2.62 bits per heavy atom. The molecule has 86 valence electrons. The number of nitrogens with zero attached hydrogens (tertiary/aromatic N) is 5. The van der Waals surface area contributed by atoms with E-state index < -0.39 is 0 Å². The quantitative estimate of drug-likeness (QED) is 0.830. The van der Waals surface area contributed by atoms with E-state index in [-0.39, 0.29) is 0 Å². The molecular formula is C10H16N6. The van der Waals surface area contributed by atoms with Gasteiger partial charge < -0.3 is 10.6 Å². The fraction of sp³-hybridized carbons (Fsp3) is 0.500. The Morgan fingerprint density at radius 2 is 2.00 bits per heavy atom. The van der Waals surface area contributed by atoms with Gasteiger partial charge in [-0.05, 0) is 32.4 Å². The molecule has 2 heterocycles. The molecule has 0 unspecified atom stereocenters. The van der Waals surface area contributed by atoms with Crippen molar-refractivity contribution >= 4 is 17.4 Å². The van der Waals surface area contributed by atoms with Gasteiger partial charge in [0.15, 0.2) is 5.65 Å². The normalized spacial score (nSPS) is 10.9. The summed E-state index contributed by atoms with van der Waals surface area (Å²) in [7, 11) is 0. The lowest BCUT2D eigenvalue weighted by Gasteiger charge is -2.19. The van der Waals surface area contributed by atoms with Gasteiger partial charge >= 0.3 is 0 Å². The molecule has 0 fully saturated rings. The number of anilines is 2. The second-order valence-electron chi connectivity index (χ2n) is 3.65. The standard InChI is InChI=1S/C10H16N6/c1-4-15(5-2)8-6-7(3)9-12-13-10(11)16(9)14-8/h6H,4-5H2,1-3H3,(H2,11,13). The van der Waals surface area contributed by atoms with E-state index in [1.807, 2.05) is 13.0 Å². The minimum atomic E-state index is 0.326. The van der Waals surface area contributed by atoms with Gasteiger partial charge in [0.25, 0.3) is 0 Å². The maximum Gasteiger partial charge on any atom is 0.243 e. The Labute approximate surface area is 94.1 Å². The SMILES string of the molecule is CCN(CC)c1cc(C)c2nnc(N)n2n1. The predicted octanol–water partition coefficient (Wildman–Crippen LogP) is 0.861. The maximum absolute atomic E-state index is 5.71. The Morgan fingerprint density at radius 1 is 1.31 bits per heavy atom. The number of nitrogens with two attached hydrogens (primary N) is 1. The first-order valence-corrected chi connectivity index (χ1v) is 5.40. The zero-order valence-corrected chi connectivity index (χ0v) is 9.80. The van der Waals surface area contributed by atoms with Crippen LogP contribution in [-0.4, -0.2) is 32.9 Å². The summed E-state index contributed by atoms with van der Waals surface area (Å²) in [4.78, 5) is 2.16. The number of nitrogen functional groups attached to an aromatic ring is 1. The first-order valence-electron chi connectivity index (χ1n) is 5.40. The molecule has 0 saturated carbocycles. The minimum absolute atomic E-state index is 0.326. The van der Waals surface area contributed by atoms with Crippen LogP contribution in [0.4, 0.5) is 11.8 Å². The fourth-order valence-corrected chi connectivity index (χ4v) is 1.73. The Bertz CT molecular complexity index is 499.